The number of hydrogen-bond donors (Lipinski definition) is 1. The van der Waals surface area contributed by atoms with Crippen molar-refractivity contribution in [3.05, 3.63) is 18.0 Å². The first-order valence-electron chi connectivity index (χ1n) is 6.17. The molecule has 16 heavy (non-hydrogen) atoms. The Labute approximate surface area is 99.2 Å². The quantitative estimate of drug-likeness (QED) is 0.778. The van der Waals surface area contributed by atoms with Crippen molar-refractivity contribution in [2.45, 2.75) is 59.0 Å². The number of aromatic nitrogens is 2. The zero-order valence-electron chi connectivity index (χ0n) is 11.2. The number of hydrogen-bond acceptors (Lipinski definition) is 2. The van der Waals surface area contributed by atoms with Gasteiger partial charge in [0.2, 0.25) is 0 Å². The average Bonchev–Trinajstić information content (AvgIpc) is 2.59. The Bertz CT molecular complexity index is 307. The number of rotatable bonds is 5. The molecule has 3 heteroatoms. The van der Waals surface area contributed by atoms with Crippen LogP contribution in [0.4, 0.5) is 0 Å². The second-order valence-corrected chi connectivity index (χ2v) is 5.69. The highest BCUT2D eigenvalue weighted by molar-refractivity contribution is 5.03. The van der Waals surface area contributed by atoms with Gasteiger partial charge in [-0.25, -0.2) is 0 Å². The average molecular weight is 223 g/mol. The van der Waals surface area contributed by atoms with Crippen molar-refractivity contribution in [2.75, 3.05) is 6.54 Å². The fourth-order valence-corrected chi connectivity index (χ4v) is 1.51. The van der Waals surface area contributed by atoms with Gasteiger partial charge in [0.05, 0.1) is 5.69 Å². The molecule has 1 rings (SSSR count). The van der Waals surface area contributed by atoms with Gasteiger partial charge in [-0.15, -0.1) is 0 Å². The molecule has 0 bridgehead atoms. The third kappa shape index (κ3) is 4.79. The van der Waals surface area contributed by atoms with E-state index in [-0.39, 0.29) is 5.54 Å². The van der Waals surface area contributed by atoms with Crippen molar-refractivity contribution < 1.29 is 0 Å². The van der Waals surface area contributed by atoms with E-state index in [4.69, 9.17) is 0 Å². The van der Waals surface area contributed by atoms with Crippen molar-refractivity contribution in [3.8, 4) is 0 Å². The summed E-state index contributed by atoms with van der Waals surface area (Å²) in [6.07, 6.45) is 3.20. The topological polar surface area (TPSA) is 29.9 Å². The molecular formula is C13H25N3. The summed E-state index contributed by atoms with van der Waals surface area (Å²) in [6.45, 7) is 13.0. The molecule has 0 saturated carbocycles. The van der Waals surface area contributed by atoms with Gasteiger partial charge in [0.25, 0.3) is 0 Å². The second kappa shape index (κ2) is 5.48. The maximum Gasteiger partial charge on any atom is 0.0649 e. The molecule has 1 aromatic heterocycles. The summed E-state index contributed by atoms with van der Waals surface area (Å²) < 4.78 is 2.04. The van der Waals surface area contributed by atoms with Gasteiger partial charge in [0.15, 0.2) is 0 Å². The Balaban J connectivity index is 2.27. The Morgan fingerprint density at radius 2 is 2.06 bits per heavy atom. The van der Waals surface area contributed by atoms with Crippen molar-refractivity contribution in [1.82, 2.24) is 15.1 Å². The van der Waals surface area contributed by atoms with E-state index in [1.807, 2.05) is 4.68 Å². The third-order valence-corrected chi connectivity index (χ3v) is 2.47. The van der Waals surface area contributed by atoms with Crippen LogP contribution in [-0.4, -0.2) is 21.9 Å². The molecule has 0 radical (unpaired) electrons. The molecule has 92 valence electrons. The lowest BCUT2D eigenvalue weighted by Gasteiger charge is -2.20. The molecule has 0 fully saturated rings. The highest BCUT2D eigenvalue weighted by Gasteiger charge is 2.07. The van der Waals surface area contributed by atoms with Gasteiger partial charge in [-0.05, 0) is 45.7 Å². The molecule has 0 atom stereocenters. The van der Waals surface area contributed by atoms with Gasteiger partial charge < -0.3 is 5.32 Å². The van der Waals surface area contributed by atoms with Crippen LogP contribution in [0.2, 0.25) is 0 Å². The Kier molecular flexibility index (Phi) is 4.54. The van der Waals surface area contributed by atoms with Crippen LogP contribution in [0.15, 0.2) is 12.3 Å². The molecule has 1 N–H and O–H groups in total. The summed E-state index contributed by atoms with van der Waals surface area (Å²) in [5.74, 6) is 0.522. The first kappa shape index (κ1) is 13.2. The summed E-state index contributed by atoms with van der Waals surface area (Å²) in [4.78, 5) is 0. The maximum atomic E-state index is 4.53. The van der Waals surface area contributed by atoms with Crippen molar-refractivity contribution in [1.29, 1.82) is 0 Å². The molecule has 0 unspecified atom stereocenters. The van der Waals surface area contributed by atoms with Gasteiger partial charge in [0.1, 0.15) is 0 Å². The van der Waals surface area contributed by atoms with E-state index in [1.54, 1.807) is 0 Å². The fraction of sp³-hybridized carbons (Fsp3) is 0.769. The number of aryl methyl sites for hydroxylation is 1. The van der Waals surface area contributed by atoms with Crippen LogP contribution in [0.5, 0.6) is 0 Å². The van der Waals surface area contributed by atoms with Crippen LogP contribution in [0.1, 0.15) is 52.7 Å². The highest BCUT2D eigenvalue weighted by Crippen LogP contribution is 2.10. The smallest absolute Gasteiger partial charge is 0.0649 e. The third-order valence-electron chi connectivity index (χ3n) is 2.47. The summed E-state index contributed by atoms with van der Waals surface area (Å²) in [5, 5.41) is 8.01. The summed E-state index contributed by atoms with van der Waals surface area (Å²) in [6, 6.07) is 2.11. The van der Waals surface area contributed by atoms with Crippen LogP contribution in [0, 0.1) is 0 Å². The molecule has 0 aliphatic carbocycles. The lowest BCUT2D eigenvalue weighted by Crippen LogP contribution is -2.36. The van der Waals surface area contributed by atoms with E-state index in [9.17, 15) is 0 Å². The molecule has 0 amide bonds. The predicted octanol–water partition coefficient (Wildman–Crippen LogP) is 2.78. The van der Waals surface area contributed by atoms with E-state index in [0.717, 1.165) is 19.5 Å². The van der Waals surface area contributed by atoms with Gasteiger partial charge in [-0.1, -0.05) is 13.8 Å². The molecule has 0 saturated heterocycles. The number of nitrogens with zero attached hydrogens (tertiary/aromatic N) is 2. The number of nitrogens with one attached hydrogen (secondary N) is 1. The van der Waals surface area contributed by atoms with Crippen LogP contribution < -0.4 is 5.32 Å². The predicted molar refractivity (Wildman–Crippen MR) is 68.7 cm³/mol. The van der Waals surface area contributed by atoms with E-state index in [1.165, 1.54) is 5.69 Å². The van der Waals surface area contributed by atoms with Gasteiger partial charge in [-0.3, -0.25) is 4.68 Å². The van der Waals surface area contributed by atoms with Crippen molar-refractivity contribution in [3.63, 3.8) is 0 Å². The lowest BCUT2D eigenvalue weighted by atomic mass is 10.1. The minimum atomic E-state index is 0.215. The van der Waals surface area contributed by atoms with Crippen LogP contribution in [-0.2, 0) is 6.54 Å². The Morgan fingerprint density at radius 1 is 1.38 bits per heavy atom. The fourth-order valence-electron chi connectivity index (χ4n) is 1.51. The first-order valence-corrected chi connectivity index (χ1v) is 6.17. The molecular weight excluding hydrogens is 198 g/mol. The van der Waals surface area contributed by atoms with E-state index in [2.05, 4.69) is 57.3 Å². The van der Waals surface area contributed by atoms with Crippen molar-refractivity contribution >= 4 is 0 Å². The van der Waals surface area contributed by atoms with Gasteiger partial charge in [-0.2, -0.15) is 5.10 Å². The van der Waals surface area contributed by atoms with E-state index >= 15 is 0 Å². The molecule has 3 nitrogen and oxygen atoms in total. The molecule has 0 aromatic carbocycles. The normalized spacial score (nSPS) is 12.4. The zero-order chi connectivity index (χ0) is 12.2. The zero-order valence-corrected chi connectivity index (χ0v) is 11.2. The molecule has 1 heterocycles. The Hall–Kier alpha value is -0.830. The highest BCUT2D eigenvalue weighted by atomic mass is 15.3. The van der Waals surface area contributed by atoms with Crippen LogP contribution >= 0.6 is 0 Å². The van der Waals surface area contributed by atoms with Crippen LogP contribution in [0.25, 0.3) is 0 Å². The molecule has 0 spiro atoms. The minimum Gasteiger partial charge on any atom is -0.312 e. The molecule has 1 aromatic rings. The van der Waals surface area contributed by atoms with Gasteiger partial charge in [0, 0.05) is 18.3 Å². The standard InChI is InChI=1S/C13H25N3/c1-11(2)12-7-10-16(15-12)9-6-8-14-13(3,4)5/h7,10-11,14H,6,8-9H2,1-5H3. The molecule has 0 aliphatic rings. The maximum absolute atomic E-state index is 4.53. The largest absolute Gasteiger partial charge is 0.312 e. The first-order chi connectivity index (χ1) is 7.38. The summed E-state index contributed by atoms with van der Waals surface area (Å²) in [5.41, 5.74) is 1.40. The summed E-state index contributed by atoms with van der Waals surface area (Å²) >= 11 is 0. The molecule has 0 aliphatic heterocycles. The Morgan fingerprint density at radius 3 is 2.56 bits per heavy atom. The minimum absolute atomic E-state index is 0.215. The van der Waals surface area contributed by atoms with Crippen LogP contribution in [0.3, 0.4) is 0 Å². The monoisotopic (exact) mass is 223 g/mol. The van der Waals surface area contributed by atoms with E-state index < -0.39 is 0 Å². The second-order valence-electron chi connectivity index (χ2n) is 5.69. The summed E-state index contributed by atoms with van der Waals surface area (Å²) in [7, 11) is 0. The SMILES string of the molecule is CC(C)c1ccn(CCCNC(C)(C)C)n1. The van der Waals surface area contributed by atoms with Gasteiger partial charge >= 0.3 is 0 Å². The van der Waals surface area contributed by atoms with E-state index in [0.29, 0.717) is 5.92 Å². The lowest BCUT2D eigenvalue weighted by molar-refractivity contribution is 0.409. The van der Waals surface area contributed by atoms with Crippen molar-refractivity contribution in [2.24, 2.45) is 0 Å².